The lowest BCUT2D eigenvalue weighted by Crippen LogP contribution is -2.17. The van der Waals surface area contributed by atoms with E-state index in [0.717, 1.165) is 20.9 Å². The van der Waals surface area contributed by atoms with Crippen LogP contribution >= 0.6 is 38.5 Å². The van der Waals surface area contributed by atoms with Crippen LogP contribution in [0.25, 0.3) is 0 Å². The van der Waals surface area contributed by atoms with E-state index in [2.05, 4.69) is 43.2 Å². The van der Waals surface area contributed by atoms with Crippen molar-refractivity contribution in [3.63, 3.8) is 0 Å². The van der Waals surface area contributed by atoms with Gasteiger partial charge in [-0.25, -0.2) is 8.42 Å². The molecule has 0 saturated heterocycles. The molecule has 0 heterocycles. The Morgan fingerprint density at radius 1 is 1.40 bits per heavy atom. The minimum Gasteiger partial charge on any atom is -0.283 e. The predicted molar refractivity (Wildman–Crippen MR) is 72.4 cm³/mol. The zero-order valence-corrected chi connectivity index (χ0v) is 12.3. The monoisotopic (exact) mass is 401 g/mol. The Morgan fingerprint density at radius 3 is 2.60 bits per heavy atom. The van der Waals surface area contributed by atoms with E-state index < -0.39 is 10.0 Å². The summed E-state index contributed by atoms with van der Waals surface area (Å²) in [5.41, 5.74) is 0.620. The standard InChI is InChI=1S/C9H9BrINO2S/c10-8-5-6(1-4-9(8)11)12-15(13,14)7-2-3-7/h1,4-5,7,12H,2-3H2. The third-order valence-electron chi connectivity index (χ3n) is 2.14. The Bertz CT molecular complexity index is 485. The topological polar surface area (TPSA) is 46.2 Å². The maximum atomic E-state index is 11.6. The van der Waals surface area contributed by atoms with Gasteiger partial charge >= 0.3 is 0 Å². The lowest BCUT2D eigenvalue weighted by Gasteiger charge is -2.07. The molecule has 1 fully saturated rings. The van der Waals surface area contributed by atoms with Crippen LogP contribution in [-0.2, 0) is 10.0 Å². The molecule has 0 bridgehead atoms. The number of rotatable bonds is 3. The lowest BCUT2D eigenvalue weighted by molar-refractivity contribution is 0.600. The highest BCUT2D eigenvalue weighted by atomic mass is 127. The van der Waals surface area contributed by atoms with Crippen molar-refractivity contribution in [2.75, 3.05) is 4.72 Å². The molecule has 0 spiro atoms. The van der Waals surface area contributed by atoms with Gasteiger partial charge in [0.25, 0.3) is 0 Å². The summed E-state index contributed by atoms with van der Waals surface area (Å²) in [4.78, 5) is 0. The van der Waals surface area contributed by atoms with Gasteiger partial charge in [-0.2, -0.15) is 0 Å². The molecule has 1 aromatic rings. The fourth-order valence-electron chi connectivity index (χ4n) is 1.19. The molecule has 1 saturated carbocycles. The predicted octanol–water partition coefficient (Wildman–Crippen LogP) is 2.96. The first-order valence-electron chi connectivity index (χ1n) is 4.46. The van der Waals surface area contributed by atoms with E-state index in [1.165, 1.54) is 0 Å². The SMILES string of the molecule is O=S(=O)(Nc1ccc(I)c(Br)c1)C1CC1. The molecule has 1 aromatic carbocycles. The van der Waals surface area contributed by atoms with Crippen molar-refractivity contribution in [2.24, 2.45) is 0 Å². The van der Waals surface area contributed by atoms with Gasteiger partial charge < -0.3 is 0 Å². The van der Waals surface area contributed by atoms with Crippen LogP contribution in [0.2, 0.25) is 0 Å². The summed E-state index contributed by atoms with van der Waals surface area (Å²) < 4.78 is 27.8. The third kappa shape index (κ3) is 2.85. The van der Waals surface area contributed by atoms with Crippen LogP contribution in [0.3, 0.4) is 0 Å². The summed E-state index contributed by atoms with van der Waals surface area (Å²) in [7, 11) is -3.14. The minimum atomic E-state index is -3.14. The zero-order valence-electron chi connectivity index (χ0n) is 7.70. The Kier molecular flexibility index (Phi) is 3.27. The molecule has 1 aliphatic carbocycles. The van der Waals surface area contributed by atoms with Crippen LogP contribution in [0.4, 0.5) is 5.69 Å². The van der Waals surface area contributed by atoms with Gasteiger partial charge in [-0.15, -0.1) is 0 Å². The largest absolute Gasteiger partial charge is 0.283 e. The summed E-state index contributed by atoms with van der Waals surface area (Å²) in [5.74, 6) is 0. The van der Waals surface area contributed by atoms with Crippen LogP contribution in [-0.4, -0.2) is 13.7 Å². The summed E-state index contributed by atoms with van der Waals surface area (Å²) in [5, 5.41) is -0.185. The van der Waals surface area contributed by atoms with E-state index in [0.29, 0.717) is 5.69 Å². The van der Waals surface area contributed by atoms with Crippen molar-refractivity contribution in [3.05, 3.63) is 26.2 Å². The number of hydrogen-bond acceptors (Lipinski definition) is 2. The first-order chi connectivity index (χ1) is 6.99. The van der Waals surface area contributed by atoms with Crippen LogP contribution in [0.15, 0.2) is 22.7 Å². The quantitative estimate of drug-likeness (QED) is 0.791. The fraction of sp³-hybridized carbons (Fsp3) is 0.333. The Balaban J connectivity index is 2.21. The first-order valence-corrected chi connectivity index (χ1v) is 7.87. The molecule has 1 N–H and O–H groups in total. The number of benzene rings is 1. The van der Waals surface area contributed by atoms with Crippen molar-refractivity contribution in [1.82, 2.24) is 0 Å². The molecule has 0 amide bonds. The molecule has 0 atom stereocenters. The molecule has 0 aliphatic heterocycles. The maximum Gasteiger partial charge on any atom is 0.235 e. The molecular weight excluding hydrogens is 393 g/mol. The Labute approximate surface area is 111 Å². The third-order valence-corrected chi connectivity index (χ3v) is 6.35. The van der Waals surface area contributed by atoms with Crippen LogP contribution in [0.5, 0.6) is 0 Å². The normalized spacial score (nSPS) is 16.4. The molecular formula is C9H9BrINO2S. The molecule has 0 aromatic heterocycles. The second-order valence-electron chi connectivity index (χ2n) is 3.48. The Hall–Kier alpha value is 0.180. The van der Waals surface area contributed by atoms with Crippen LogP contribution in [0, 0.1) is 3.57 Å². The van der Waals surface area contributed by atoms with Gasteiger partial charge in [-0.3, -0.25) is 4.72 Å². The fourth-order valence-corrected chi connectivity index (χ4v) is 3.28. The van der Waals surface area contributed by atoms with Crippen molar-refractivity contribution < 1.29 is 8.42 Å². The van der Waals surface area contributed by atoms with Crippen molar-refractivity contribution in [2.45, 2.75) is 18.1 Å². The molecule has 0 unspecified atom stereocenters. The highest BCUT2D eigenvalue weighted by molar-refractivity contribution is 14.1. The molecule has 1 aliphatic rings. The van der Waals surface area contributed by atoms with Gasteiger partial charge in [0.1, 0.15) is 0 Å². The van der Waals surface area contributed by atoms with E-state index in [1.807, 2.05) is 6.07 Å². The Morgan fingerprint density at radius 2 is 2.07 bits per heavy atom. The van der Waals surface area contributed by atoms with E-state index in [4.69, 9.17) is 0 Å². The number of hydrogen-bond donors (Lipinski definition) is 1. The second kappa shape index (κ2) is 4.21. The number of halogens is 2. The van der Waals surface area contributed by atoms with Crippen LogP contribution in [0.1, 0.15) is 12.8 Å². The van der Waals surface area contributed by atoms with Gasteiger partial charge in [0, 0.05) is 13.7 Å². The van der Waals surface area contributed by atoms with E-state index in [1.54, 1.807) is 12.1 Å². The van der Waals surface area contributed by atoms with E-state index >= 15 is 0 Å². The van der Waals surface area contributed by atoms with Gasteiger partial charge in [-0.1, -0.05) is 0 Å². The lowest BCUT2D eigenvalue weighted by atomic mass is 10.3. The highest BCUT2D eigenvalue weighted by Crippen LogP contribution is 2.30. The second-order valence-corrected chi connectivity index (χ2v) is 7.45. The summed E-state index contributed by atoms with van der Waals surface area (Å²) in [6, 6.07) is 5.42. The summed E-state index contributed by atoms with van der Waals surface area (Å²) >= 11 is 5.54. The average molecular weight is 402 g/mol. The summed E-state index contributed by atoms with van der Waals surface area (Å²) in [6.07, 6.45) is 1.56. The maximum absolute atomic E-state index is 11.6. The molecule has 82 valence electrons. The average Bonchev–Trinajstić information content (AvgIpc) is 2.93. The van der Waals surface area contributed by atoms with Gasteiger partial charge in [0.2, 0.25) is 10.0 Å². The molecule has 15 heavy (non-hydrogen) atoms. The van der Waals surface area contributed by atoms with Gasteiger partial charge in [0.05, 0.1) is 5.25 Å². The number of anilines is 1. The van der Waals surface area contributed by atoms with Gasteiger partial charge in [-0.05, 0) is 69.6 Å². The highest BCUT2D eigenvalue weighted by Gasteiger charge is 2.35. The minimum absolute atomic E-state index is 0.185. The summed E-state index contributed by atoms with van der Waals surface area (Å²) in [6.45, 7) is 0. The van der Waals surface area contributed by atoms with Crippen molar-refractivity contribution in [3.8, 4) is 0 Å². The zero-order chi connectivity index (χ0) is 11.1. The van der Waals surface area contributed by atoms with Crippen LogP contribution < -0.4 is 4.72 Å². The number of sulfonamides is 1. The smallest absolute Gasteiger partial charge is 0.235 e. The molecule has 2 rings (SSSR count). The first kappa shape index (κ1) is 11.7. The van der Waals surface area contributed by atoms with Crippen molar-refractivity contribution in [1.29, 1.82) is 0 Å². The molecule has 3 nitrogen and oxygen atoms in total. The molecule has 6 heteroatoms. The number of nitrogens with one attached hydrogen (secondary N) is 1. The van der Waals surface area contributed by atoms with Crippen molar-refractivity contribution >= 4 is 54.2 Å². The van der Waals surface area contributed by atoms with E-state index in [-0.39, 0.29) is 5.25 Å². The van der Waals surface area contributed by atoms with Gasteiger partial charge in [0.15, 0.2) is 0 Å². The van der Waals surface area contributed by atoms with E-state index in [9.17, 15) is 8.42 Å². The molecule has 0 radical (unpaired) electrons.